The Morgan fingerprint density at radius 3 is 2.61 bits per heavy atom. The first-order valence-electron chi connectivity index (χ1n) is 9.95. The van der Waals surface area contributed by atoms with E-state index in [1.54, 1.807) is 18.2 Å². The highest BCUT2D eigenvalue weighted by atomic mass is 35.5. The molecular weight excluding hydrogens is 393 g/mol. The van der Waals surface area contributed by atoms with Crippen LogP contribution in [0.1, 0.15) is 31.5 Å². The van der Waals surface area contributed by atoms with Gasteiger partial charge in [-0.3, -0.25) is 0 Å². The average Bonchev–Trinajstić information content (AvgIpc) is 3.06. The van der Waals surface area contributed by atoms with E-state index in [9.17, 15) is 0 Å². The van der Waals surface area contributed by atoms with Gasteiger partial charge in [0.1, 0.15) is 18.2 Å². The summed E-state index contributed by atoms with van der Waals surface area (Å²) >= 11 is 12.2. The van der Waals surface area contributed by atoms with Crippen molar-refractivity contribution in [1.29, 1.82) is 0 Å². The molecule has 3 aromatic rings. The highest BCUT2D eigenvalue weighted by Gasteiger charge is 2.14. The number of aryl methyl sites for hydroxylation is 1. The lowest BCUT2D eigenvalue weighted by atomic mass is 10.1. The predicted molar refractivity (Wildman–Crippen MR) is 115 cm³/mol. The highest BCUT2D eigenvalue weighted by Crippen LogP contribution is 2.28. The first-order valence-corrected chi connectivity index (χ1v) is 10.7. The van der Waals surface area contributed by atoms with Gasteiger partial charge in [-0.05, 0) is 69.2 Å². The molecule has 0 bridgehead atoms. The maximum absolute atomic E-state index is 6.24. The number of likely N-dealkylation sites (tertiary alicyclic amines) is 1. The van der Waals surface area contributed by atoms with Crippen molar-refractivity contribution in [3.63, 3.8) is 0 Å². The molecule has 0 spiro atoms. The van der Waals surface area contributed by atoms with E-state index in [1.807, 2.05) is 6.07 Å². The van der Waals surface area contributed by atoms with Crippen LogP contribution in [-0.2, 0) is 13.2 Å². The van der Waals surface area contributed by atoms with Crippen LogP contribution < -0.4 is 4.74 Å². The predicted octanol–water partition coefficient (Wildman–Crippen LogP) is 5.80. The molecule has 0 aliphatic carbocycles. The normalized spacial score (nSPS) is 15.2. The smallest absolute Gasteiger partial charge is 0.148 e. The van der Waals surface area contributed by atoms with E-state index in [1.165, 1.54) is 32.4 Å². The van der Waals surface area contributed by atoms with Crippen LogP contribution in [0.2, 0.25) is 10.0 Å². The van der Waals surface area contributed by atoms with Gasteiger partial charge in [0.05, 0.1) is 16.1 Å². The maximum Gasteiger partial charge on any atom is 0.148 e. The molecule has 0 atom stereocenters. The molecule has 1 fully saturated rings. The second-order valence-corrected chi connectivity index (χ2v) is 8.13. The fourth-order valence-electron chi connectivity index (χ4n) is 3.86. The Bertz CT molecular complexity index is 935. The Balaban J connectivity index is 1.48. The number of aromatic nitrogens is 2. The van der Waals surface area contributed by atoms with Gasteiger partial charge in [-0.2, -0.15) is 0 Å². The lowest BCUT2D eigenvalue weighted by Gasteiger charge is -2.26. The fourth-order valence-corrected chi connectivity index (χ4v) is 4.32. The van der Waals surface area contributed by atoms with Gasteiger partial charge in [0.2, 0.25) is 0 Å². The summed E-state index contributed by atoms with van der Waals surface area (Å²) in [5, 5.41) is 1.11. The van der Waals surface area contributed by atoms with E-state index in [0.717, 1.165) is 36.4 Å². The molecule has 0 unspecified atom stereocenters. The van der Waals surface area contributed by atoms with Gasteiger partial charge in [-0.25, -0.2) is 4.98 Å². The average molecular weight is 418 g/mol. The van der Waals surface area contributed by atoms with Crippen LogP contribution in [0, 0.1) is 0 Å². The van der Waals surface area contributed by atoms with E-state index < -0.39 is 0 Å². The summed E-state index contributed by atoms with van der Waals surface area (Å²) in [5.74, 6) is 1.55. The molecule has 28 heavy (non-hydrogen) atoms. The van der Waals surface area contributed by atoms with E-state index in [2.05, 4.69) is 27.7 Å². The molecule has 0 saturated carbocycles. The summed E-state index contributed by atoms with van der Waals surface area (Å²) in [6.07, 6.45) is 5.14. The number of para-hydroxylation sites is 2. The van der Waals surface area contributed by atoms with Crippen LogP contribution in [0.4, 0.5) is 0 Å². The first-order chi connectivity index (χ1) is 13.7. The van der Waals surface area contributed by atoms with Crippen molar-refractivity contribution in [3.8, 4) is 5.75 Å². The lowest BCUT2D eigenvalue weighted by molar-refractivity contribution is 0.222. The van der Waals surface area contributed by atoms with E-state index >= 15 is 0 Å². The minimum atomic E-state index is 0.375. The molecule has 4 nitrogen and oxygen atoms in total. The number of piperidine rings is 1. The zero-order valence-electron chi connectivity index (χ0n) is 15.9. The highest BCUT2D eigenvalue weighted by molar-refractivity contribution is 6.35. The summed E-state index contributed by atoms with van der Waals surface area (Å²) in [6.45, 7) is 4.91. The molecule has 1 aliphatic heterocycles. The zero-order chi connectivity index (χ0) is 19.3. The Labute approximate surface area is 176 Å². The second kappa shape index (κ2) is 9.17. The van der Waals surface area contributed by atoms with Gasteiger partial charge >= 0.3 is 0 Å². The lowest BCUT2D eigenvalue weighted by Crippen LogP contribution is -2.31. The minimum Gasteiger partial charge on any atom is -0.484 e. The third-order valence-corrected chi connectivity index (χ3v) is 5.82. The molecule has 2 heterocycles. The molecule has 0 radical (unpaired) electrons. The van der Waals surface area contributed by atoms with Crippen LogP contribution in [0.25, 0.3) is 11.0 Å². The standard InChI is InChI=1S/C22H25Cl2N3O/c23-17-9-10-21(18(24)15-17)28-16-22-25-19-7-2-3-8-20(19)27(22)14-6-13-26-11-4-1-5-12-26/h2-3,7-10,15H,1,4-6,11-14,16H2. The van der Waals surface area contributed by atoms with E-state index in [0.29, 0.717) is 22.4 Å². The van der Waals surface area contributed by atoms with Crippen LogP contribution in [0.5, 0.6) is 5.75 Å². The van der Waals surface area contributed by atoms with E-state index in [4.69, 9.17) is 32.9 Å². The Kier molecular flexibility index (Phi) is 6.40. The number of benzene rings is 2. The zero-order valence-corrected chi connectivity index (χ0v) is 17.4. The summed E-state index contributed by atoms with van der Waals surface area (Å²) in [4.78, 5) is 7.37. The molecule has 0 amide bonds. The van der Waals surface area contributed by atoms with Gasteiger partial charge in [-0.15, -0.1) is 0 Å². The fraction of sp³-hybridized carbons (Fsp3) is 0.409. The van der Waals surface area contributed by atoms with Crippen molar-refractivity contribution >= 4 is 34.2 Å². The molecule has 0 N–H and O–H groups in total. The van der Waals surface area contributed by atoms with Crippen molar-refractivity contribution < 1.29 is 4.74 Å². The van der Waals surface area contributed by atoms with Crippen molar-refractivity contribution in [2.24, 2.45) is 0 Å². The van der Waals surface area contributed by atoms with Gasteiger partial charge < -0.3 is 14.2 Å². The monoisotopic (exact) mass is 417 g/mol. The molecule has 1 aromatic heterocycles. The summed E-state index contributed by atoms with van der Waals surface area (Å²) in [6, 6.07) is 13.5. The molecule has 6 heteroatoms. The molecular formula is C22H25Cl2N3O. The second-order valence-electron chi connectivity index (χ2n) is 7.29. The largest absolute Gasteiger partial charge is 0.484 e. The van der Waals surface area contributed by atoms with Crippen molar-refractivity contribution in [2.75, 3.05) is 19.6 Å². The van der Waals surface area contributed by atoms with Crippen LogP contribution in [-0.4, -0.2) is 34.1 Å². The number of imidazole rings is 1. The third kappa shape index (κ3) is 4.62. The number of halogens is 2. The van der Waals surface area contributed by atoms with Gasteiger partial charge in [-0.1, -0.05) is 41.8 Å². The van der Waals surface area contributed by atoms with Gasteiger partial charge in [0, 0.05) is 11.6 Å². The Morgan fingerprint density at radius 1 is 0.964 bits per heavy atom. The maximum atomic E-state index is 6.24. The number of rotatable bonds is 7. The number of nitrogens with zero attached hydrogens (tertiary/aromatic N) is 3. The number of hydrogen-bond acceptors (Lipinski definition) is 3. The van der Waals surface area contributed by atoms with Crippen LogP contribution in [0.15, 0.2) is 42.5 Å². The molecule has 1 aliphatic rings. The molecule has 2 aromatic carbocycles. The van der Waals surface area contributed by atoms with Gasteiger partial charge in [0.15, 0.2) is 0 Å². The molecule has 1 saturated heterocycles. The molecule has 148 valence electrons. The molecule has 4 rings (SSSR count). The number of fused-ring (bicyclic) bond motifs is 1. The Hall–Kier alpha value is -1.75. The van der Waals surface area contributed by atoms with Crippen LogP contribution >= 0.6 is 23.2 Å². The summed E-state index contributed by atoms with van der Waals surface area (Å²) in [5.41, 5.74) is 2.16. The van der Waals surface area contributed by atoms with E-state index in [-0.39, 0.29) is 0 Å². The van der Waals surface area contributed by atoms with Gasteiger partial charge in [0.25, 0.3) is 0 Å². The summed E-state index contributed by atoms with van der Waals surface area (Å²) < 4.78 is 8.24. The van der Waals surface area contributed by atoms with Crippen molar-refractivity contribution in [3.05, 3.63) is 58.3 Å². The van der Waals surface area contributed by atoms with Crippen molar-refractivity contribution in [1.82, 2.24) is 14.5 Å². The topological polar surface area (TPSA) is 30.3 Å². The minimum absolute atomic E-state index is 0.375. The SMILES string of the molecule is Clc1ccc(OCc2nc3ccccc3n2CCCN2CCCCC2)c(Cl)c1. The quantitative estimate of drug-likeness (QED) is 0.486. The third-order valence-electron chi connectivity index (χ3n) is 5.29. The van der Waals surface area contributed by atoms with Crippen molar-refractivity contribution in [2.45, 2.75) is 38.8 Å². The summed E-state index contributed by atoms with van der Waals surface area (Å²) in [7, 11) is 0. The Morgan fingerprint density at radius 2 is 1.79 bits per heavy atom. The number of hydrogen-bond donors (Lipinski definition) is 0. The first kappa shape index (κ1) is 19.6. The number of ether oxygens (including phenoxy) is 1. The van der Waals surface area contributed by atoms with Crippen LogP contribution in [0.3, 0.4) is 0 Å².